The fraction of sp³-hybridized carbons (Fsp3) is 0.625. The lowest BCUT2D eigenvalue weighted by atomic mass is 9.95. The molecule has 0 spiro atoms. The molecule has 0 aliphatic carbocycles. The highest BCUT2D eigenvalue weighted by molar-refractivity contribution is 5.13. The lowest BCUT2D eigenvalue weighted by Gasteiger charge is -2.42. The molecule has 106 valence electrons. The van der Waals surface area contributed by atoms with Crippen LogP contribution >= 0.6 is 0 Å². The van der Waals surface area contributed by atoms with E-state index in [0.29, 0.717) is 18.8 Å². The Morgan fingerprint density at radius 3 is 2.53 bits per heavy atom. The Hall–Kier alpha value is -0.900. The van der Waals surface area contributed by atoms with Gasteiger partial charge in [0.25, 0.3) is 0 Å². The molecule has 3 heteroatoms. The van der Waals surface area contributed by atoms with Crippen LogP contribution in [0.2, 0.25) is 0 Å². The molecule has 0 radical (unpaired) electrons. The van der Waals surface area contributed by atoms with E-state index in [0.717, 1.165) is 6.42 Å². The van der Waals surface area contributed by atoms with E-state index in [2.05, 4.69) is 45.0 Å². The molecule has 0 N–H and O–H groups in total. The van der Waals surface area contributed by atoms with Gasteiger partial charge in [0, 0.05) is 6.04 Å². The lowest BCUT2D eigenvalue weighted by molar-refractivity contribution is -0.161. The Labute approximate surface area is 116 Å². The minimum Gasteiger partial charge on any atom is -0.373 e. The Morgan fingerprint density at radius 2 is 1.89 bits per heavy atom. The predicted octanol–water partition coefficient (Wildman–Crippen LogP) is 2.70. The third-order valence-electron chi connectivity index (χ3n) is 3.81. The van der Waals surface area contributed by atoms with Crippen LogP contribution in [0, 0.1) is 0 Å². The van der Waals surface area contributed by atoms with Crippen molar-refractivity contribution in [3.8, 4) is 0 Å². The van der Waals surface area contributed by atoms with Gasteiger partial charge in [0.15, 0.2) is 0 Å². The molecule has 3 nitrogen and oxygen atoms in total. The van der Waals surface area contributed by atoms with Gasteiger partial charge in [-0.05, 0) is 39.9 Å². The maximum absolute atomic E-state index is 6.14. The molecule has 0 saturated carbocycles. The number of nitrogens with zero attached hydrogens (tertiary/aromatic N) is 1. The summed E-state index contributed by atoms with van der Waals surface area (Å²) in [5.74, 6) is 0. The van der Waals surface area contributed by atoms with Crippen molar-refractivity contribution in [1.82, 2.24) is 4.90 Å². The molecule has 2 rings (SSSR count). The molecule has 1 heterocycles. The first-order valence-corrected chi connectivity index (χ1v) is 7.05. The van der Waals surface area contributed by atoms with Crippen LogP contribution in [-0.4, -0.2) is 43.3 Å². The van der Waals surface area contributed by atoms with Crippen LogP contribution in [0.3, 0.4) is 0 Å². The summed E-state index contributed by atoms with van der Waals surface area (Å²) in [6.07, 6.45) is 1.60. The first-order valence-electron chi connectivity index (χ1n) is 7.05. The second kappa shape index (κ2) is 6.51. The number of likely N-dealkylation sites (N-methyl/N-ethyl adjacent to an activating group) is 1. The predicted molar refractivity (Wildman–Crippen MR) is 77.1 cm³/mol. The van der Waals surface area contributed by atoms with Crippen LogP contribution in [-0.2, 0) is 16.1 Å². The highest BCUT2D eigenvalue weighted by Gasteiger charge is 2.36. The standard InChI is InChI=1S/C16H25NO2/c1-12-10-15(17(3)4)16(13(2)19-12)18-11-14-8-6-5-7-9-14/h5-9,12-13,15-16H,10-11H2,1-4H3/t12-,13+,15+,16+/m1/s1. The largest absolute Gasteiger partial charge is 0.373 e. The van der Waals surface area contributed by atoms with Crippen LogP contribution in [0.15, 0.2) is 30.3 Å². The molecule has 0 bridgehead atoms. The van der Waals surface area contributed by atoms with E-state index in [4.69, 9.17) is 9.47 Å². The van der Waals surface area contributed by atoms with Crippen LogP contribution in [0.5, 0.6) is 0 Å². The minimum atomic E-state index is 0.131. The van der Waals surface area contributed by atoms with E-state index in [1.807, 2.05) is 18.2 Å². The molecule has 0 unspecified atom stereocenters. The maximum Gasteiger partial charge on any atom is 0.0993 e. The average molecular weight is 263 g/mol. The van der Waals surface area contributed by atoms with Crippen LogP contribution < -0.4 is 0 Å². The number of rotatable bonds is 4. The summed E-state index contributed by atoms with van der Waals surface area (Å²) < 4.78 is 12.1. The fourth-order valence-corrected chi connectivity index (χ4v) is 2.80. The molecule has 4 atom stereocenters. The van der Waals surface area contributed by atoms with Crippen molar-refractivity contribution in [2.75, 3.05) is 14.1 Å². The Kier molecular flexibility index (Phi) is 4.97. The first-order chi connectivity index (χ1) is 9.08. The van der Waals surface area contributed by atoms with Gasteiger partial charge in [0.1, 0.15) is 0 Å². The monoisotopic (exact) mass is 263 g/mol. The molecule has 1 aliphatic rings. The Balaban J connectivity index is 1.99. The van der Waals surface area contributed by atoms with Gasteiger partial charge >= 0.3 is 0 Å². The van der Waals surface area contributed by atoms with Crippen molar-refractivity contribution in [3.63, 3.8) is 0 Å². The summed E-state index contributed by atoms with van der Waals surface area (Å²) in [6, 6.07) is 10.7. The van der Waals surface area contributed by atoms with E-state index in [1.54, 1.807) is 0 Å². The van der Waals surface area contributed by atoms with Gasteiger partial charge in [-0.3, -0.25) is 0 Å². The summed E-state index contributed by atoms with van der Waals surface area (Å²) in [7, 11) is 4.24. The van der Waals surface area contributed by atoms with Crippen molar-refractivity contribution in [2.24, 2.45) is 0 Å². The second-order valence-electron chi connectivity index (χ2n) is 5.68. The maximum atomic E-state index is 6.14. The minimum absolute atomic E-state index is 0.131. The third-order valence-corrected chi connectivity index (χ3v) is 3.81. The van der Waals surface area contributed by atoms with Crippen molar-refractivity contribution in [2.45, 2.75) is 51.2 Å². The van der Waals surface area contributed by atoms with Gasteiger partial charge in [-0.2, -0.15) is 0 Å². The summed E-state index contributed by atoms with van der Waals surface area (Å²) in [6.45, 7) is 4.90. The van der Waals surface area contributed by atoms with E-state index in [-0.39, 0.29) is 12.2 Å². The zero-order valence-corrected chi connectivity index (χ0v) is 12.4. The highest BCUT2D eigenvalue weighted by atomic mass is 16.5. The van der Waals surface area contributed by atoms with Gasteiger partial charge in [-0.15, -0.1) is 0 Å². The quantitative estimate of drug-likeness (QED) is 0.833. The molecular formula is C16H25NO2. The molecule has 0 amide bonds. The highest BCUT2D eigenvalue weighted by Crippen LogP contribution is 2.26. The molecular weight excluding hydrogens is 238 g/mol. The molecule has 1 aromatic rings. The van der Waals surface area contributed by atoms with Gasteiger partial charge in [0.2, 0.25) is 0 Å². The summed E-state index contributed by atoms with van der Waals surface area (Å²) in [5, 5.41) is 0. The molecule has 1 saturated heterocycles. The van der Waals surface area contributed by atoms with Gasteiger partial charge < -0.3 is 14.4 Å². The van der Waals surface area contributed by atoms with Gasteiger partial charge in [-0.25, -0.2) is 0 Å². The molecule has 1 fully saturated rings. The smallest absolute Gasteiger partial charge is 0.0993 e. The third kappa shape index (κ3) is 3.78. The number of benzene rings is 1. The molecule has 0 aromatic heterocycles. The second-order valence-corrected chi connectivity index (χ2v) is 5.68. The van der Waals surface area contributed by atoms with E-state index < -0.39 is 0 Å². The van der Waals surface area contributed by atoms with E-state index in [1.165, 1.54) is 5.56 Å². The Bertz CT molecular complexity index is 380. The lowest BCUT2D eigenvalue weighted by Crippen LogP contribution is -2.53. The summed E-state index contributed by atoms with van der Waals surface area (Å²) >= 11 is 0. The zero-order valence-electron chi connectivity index (χ0n) is 12.4. The Morgan fingerprint density at radius 1 is 1.21 bits per heavy atom. The molecule has 1 aromatic carbocycles. The normalized spacial score (nSPS) is 31.6. The van der Waals surface area contributed by atoms with Crippen LogP contribution in [0.4, 0.5) is 0 Å². The van der Waals surface area contributed by atoms with E-state index >= 15 is 0 Å². The topological polar surface area (TPSA) is 21.7 Å². The van der Waals surface area contributed by atoms with E-state index in [9.17, 15) is 0 Å². The summed E-state index contributed by atoms with van der Waals surface area (Å²) in [5.41, 5.74) is 1.21. The first kappa shape index (κ1) is 14.5. The van der Waals surface area contributed by atoms with Crippen molar-refractivity contribution in [1.29, 1.82) is 0 Å². The fourth-order valence-electron chi connectivity index (χ4n) is 2.80. The average Bonchev–Trinajstić information content (AvgIpc) is 2.38. The molecule has 1 aliphatic heterocycles. The van der Waals surface area contributed by atoms with Crippen LogP contribution in [0.25, 0.3) is 0 Å². The molecule has 19 heavy (non-hydrogen) atoms. The SMILES string of the molecule is C[C@@H]1C[C@H](N(C)C)[C@@H](OCc2ccccc2)[C@H](C)O1. The number of hydrogen-bond acceptors (Lipinski definition) is 3. The number of hydrogen-bond donors (Lipinski definition) is 0. The van der Waals surface area contributed by atoms with Gasteiger partial charge in [-0.1, -0.05) is 30.3 Å². The zero-order chi connectivity index (χ0) is 13.8. The van der Waals surface area contributed by atoms with Crippen molar-refractivity contribution < 1.29 is 9.47 Å². The van der Waals surface area contributed by atoms with Crippen molar-refractivity contribution >= 4 is 0 Å². The van der Waals surface area contributed by atoms with Crippen LogP contribution in [0.1, 0.15) is 25.8 Å². The van der Waals surface area contributed by atoms with Gasteiger partial charge in [0.05, 0.1) is 24.9 Å². The van der Waals surface area contributed by atoms with Crippen molar-refractivity contribution in [3.05, 3.63) is 35.9 Å². The summed E-state index contributed by atoms with van der Waals surface area (Å²) in [4.78, 5) is 2.26. The number of ether oxygens (including phenoxy) is 2.